The van der Waals surface area contributed by atoms with Gasteiger partial charge in [-0.25, -0.2) is 0 Å². The average Bonchev–Trinajstić information content (AvgIpc) is 2.92. The number of likely N-dealkylation sites (N-methyl/N-ethyl adjacent to an activating group) is 1. The third kappa shape index (κ3) is 1.96. The number of ether oxygens (including phenoxy) is 1. The lowest BCUT2D eigenvalue weighted by Crippen LogP contribution is -2.58. The molecule has 0 fully saturated rings. The summed E-state index contributed by atoms with van der Waals surface area (Å²) >= 11 is 0. The lowest BCUT2D eigenvalue weighted by atomic mass is 9.76. The second-order valence-corrected chi connectivity index (χ2v) is 8.70. The highest BCUT2D eigenvalue weighted by atomic mass is 16.5. The van der Waals surface area contributed by atoms with Gasteiger partial charge >= 0.3 is 0 Å². The van der Waals surface area contributed by atoms with Gasteiger partial charge in [0.05, 0.1) is 11.1 Å². The molecule has 4 aromatic carbocycles. The molecular weight excluding hydrogens is 354 g/mol. The van der Waals surface area contributed by atoms with Crippen molar-refractivity contribution in [3.05, 3.63) is 90.0 Å². The van der Waals surface area contributed by atoms with E-state index in [1.165, 1.54) is 38.4 Å². The zero-order valence-corrected chi connectivity index (χ0v) is 16.9. The highest BCUT2D eigenvalue weighted by molar-refractivity contribution is 5.99. The van der Waals surface area contributed by atoms with E-state index >= 15 is 0 Å². The minimum Gasteiger partial charge on any atom is -0.463 e. The monoisotopic (exact) mass is 377 g/mol. The predicted molar refractivity (Wildman–Crippen MR) is 122 cm³/mol. The molecule has 2 heteroatoms. The molecule has 0 N–H and O–H groups in total. The second-order valence-electron chi connectivity index (χ2n) is 8.70. The molecule has 1 atom stereocenters. The van der Waals surface area contributed by atoms with E-state index in [-0.39, 0.29) is 5.41 Å². The van der Waals surface area contributed by atoms with E-state index in [1.807, 2.05) is 0 Å². The zero-order valence-electron chi connectivity index (χ0n) is 16.9. The van der Waals surface area contributed by atoms with Crippen LogP contribution in [0, 0.1) is 0 Å². The summed E-state index contributed by atoms with van der Waals surface area (Å²) < 4.78 is 6.89. The van der Waals surface area contributed by atoms with Crippen LogP contribution in [0.1, 0.15) is 25.0 Å². The van der Waals surface area contributed by atoms with Gasteiger partial charge in [-0.2, -0.15) is 0 Å². The van der Waals surface area contributed by atoms with E-state index in [2.05, 4.69) is 111 Å². The third-order valence-corrected chi connectivity index (χ3v) is 6.98. The first kappa shape index (κ1) is 16.7. The summed E-state index contributed by atoms with van der Waals surface area (Å²) in [6.07, 6.45) is 4.52. The van der Waals surface area contributed by atoms with Gasteiger partial charge < -0.3 is 9.64 Å². The van der Waals surface area contributed by atoms with Crippen molar-refractivity contribution in [1.29, 1.82) is 0 Å². The molecule has 0 amide bonds. The van der Waals surface area contributed by atoms with Crippen molar-refractivity contribution < 1.29 is 4.74 Å². The summed E-state index contributed by atoms with van der Waals surface area (Å²) in [5.41, 5.74) is 2.99. The lowest BCUT2D eigenvalue weighted by molar-refractivity contribution is 0.0584. The molecule has 29 heavy (non-hydrogen) atoms. The number of benzene rings is 4. The predicted octanol–water partition coefficient (Wildman–Crippen LogP) is 6.52. The SMILES string of the molecule is CN1c2c(ccc3ccccc23)C(C)(C)C12C=Cc1c(ccc3ccccc13)O2. The molecule has 0 aromatic heterocycles. The summed E-state index contributed by atoms with van der Waals surface area (Å²) in [6, 6.07) is 25.9. The Morgan fingerprint density at radius 3 is 2.21 bits per heavy atom. The smallest absolute Gasteiger partial charge is 0.211 e. The van der Waals surface area contributed by atoms with Crippen molar-refractivity contribution in [2.24, 2.45) is 0 Å². The van der Waals surface area contributed by atoms with Gasteiger partial charge in [-0.05, 0) is 53.8 Å². The molecule has 2 nitrogen and oxygen atoms in total. The Morgan fingerprint density at radius 1 is 0.759 bits per heavy atom. The van der Waals surface area contributed by atoms with Crippen LogP contribution < -0.4 is 9.64 Å². The van der Waals surface area contributed by atoms with Crippen LogP contribution in [0.15, 0.2) is 78.9 Å². The quantitative estimate of drug-likeness (QED) is 0.346. The standard InChI is InChI=1S/C27H23NO/c1-26(2)23-14-12-19-9-5-7-11-21(19)25(23)28(3)27(26)17-16-22-20-10-6-4-8-18(20)13-15-24(22)29-27/h4-17H,1-3H3. The minimum absolute atomic E-state index is 0.207. The Kier molecular flexibility index (Phi) is 3.11. The van der Waals surface area contributed by atoms with Crippen molar-refractivity contribution in [3.8, 4) is 5.75 Å². The summed E-state index contributed by atoms with van der Waals surface area (Å²) in [7, 11) is 2.16. The Balaban J connectivity index is 1.59. The zero-order chi connectivity index (χ0) is 19.8. The number of fused-ring (bicyclic) bond motifs is 6. The van der Waals surface area contributed by atoms with Crippen LogP contribution in [0.25, 0.3) is 27.6 Å². The van der Waals surface area contributed by atoms with Crippen LogP contribution in [0.2, 0.25) is 0 Å². The maximum Gasteiger partial charge on any atom is 0.211 e. The van der Waals surface area contributed by atoms with Gasteiger partial charge in [0.1, 0.15) is 5.75 Å². The van der Waals surface area contributed by atoms with Gasteiger partial charge in [0.25, 0.3) is 0 Å². The van der Waals surface area contributed by atoms with Crippen molar-refractivity contribution in [2.75, 3.05) is 11.9 Å². The van der Waals surface area contributed by atoms with Crippen molar-refractivity contribution in [3.63, 3.8) is 0 Å². The van der Waals surface area contributed by atoms with Crippen molar-refractivity contribution in [1.82, 2.24) is 0 Å². The molecule has 2 heterocycles. The third-order valence-electron chi connectivity index (χ3n) is 6.98. The fourth-order valence-electron chi connectivity index (χ4n) is 5.35. The molecule has 1 unspecified atom stereocenters. The largest absolute Gasteiger partial charge is 0.463 e. The molecule has 1 spiro atoms. The Bertz CT molecular complexity index is 1330. The van der Waals surface area contributed by atoms with Crippen LogP contribution in [-0.4, -0.2) is 12.8 Å². The highest BCUT2D eigenvalue weighted by Crippen LogP contribution is 2.56. The molecule has 6 rings (SSSR count). The normalized spacial score (nSPS) is 21.4. The van der Waals surface area contributed by atoms with Crippen LogP contribution in [0.4, 0.5) is 5.69 Å². The molecule has 0 saturated carbocycles. The highest BCUT2D eigenvalue weighted by Gasteiger charge is 2.58. The van der Waals surface area contributed by atoms with E-state index in [1.54, 1.807) is 0 Å². The Morgan fingerprint density at radius 2 is 1.41 bits per heavy atom. The van der Waals surface area contributed by atoms with Gasteiger partial charge in [-0.15, -0.1) is 0 Å². The van der Waals surface area contributed by atoms with Gasteiger partial charge in [0, 0.05) is 18.0 Å². The summed E-state index contributed by atoms with van der Waals surface area (Å²) in [5.74, 6) is 0.947. The molecule has 2 aliphatic heterocycles. The van der Waals surface area contributed by atoms with Crippen LogP contribution >= 0.6 is 0 Å². The Labute approximate surface area is 171 Å². The maximum atomic E-state index is 6.89. The second kappa shape index (κ2) is 5.42. The average molecular weight is 377 g/mol. The summed E-state index contributed by atoms with van der Waals surface area (Å²) in [5, 5.41) is 5.01. The van der Waals surface area contributed by atoms with Crippen LogP contribution in [0.5, 0.6) is 5.75 Å². The van der Waals surface area contributed by atoms with E-state index < -0.39 is 5.72 Å². The molecular formula is C27H23NO. The number of anilines is 1. The van der Waals surface area contributed by atoms with Gasteiger partial charge in [-0.3, -0.25) is 0 Å². The fraction of sp³-hybridized carbons (Fsp3) is 0.185. The fourth-order valence-corrected chi connectivity index (χ4v) is 5.35. The molecule has 0 aliphatic carbocycles. The van der Waals surface area contributed by atoms with E-state index in [4.69, 9.17) is 4.74 Å². The van der Waals surface area contributed by atoms with E-state index in [9.17, 15) is 0 Å². The van der Waals surface area contributed by atoms with Crippen LogP contribution in [-0.2, 0) is 5.41 Å². The van der Waals surface area contributed by atoms with Gasteiger partial charge in [-0.1, -0.05) is 66.7 Å². The molecule has 0 saturated heterocycles. The molecule has 4 aromatic rings. The Hall–Kier alpha value is -3.26. The van der Waals surface area contributed by atoms with E-state index in [0.29, 0.717) is 0 Å². The van der Waals surface area contributed by atoms with Gasteiger partial charge in [0.2, 0.25) is 5.72 Å². The number of rotatable bonds is 0. The van der Waals surface area contributed by atoms with E-state index in [0.717, 1.165) is 5.75 Å². The first-order chi connectivity index (χ1) is 14.0. The van der Waals surface area contributed by atoms with Gasteiger partial charge in [0.15, 0.2) is 0 Å². The number of hydrogen-bond acceptors (Lipinski definition) is 2. The molecule has 0 bridgehead atoms. The minimum atomic E-state index is -0.561. The van der Waals surface area contributed by atoms with Crippen molar-refractivity contribution >= 4 is 33.3 Å². The number of nitrogens with zero attached hydrogens (tertiary/aromatic N) is 1. The summed E-state index contributed by atoms with van der Waals surface area (Å²) in [6.45, 7) is 4.58. The molecule has 2 aliphatic rings. The first-order valence-corrected chi connectivity index (χ1v) is 10.2. The maximum absolute atomic E-state index is 6.89. The topological polar surface area (TPSA) is 12.5 Å². The molecule has 142 valence electrons. The number of hydrogen-bond donors (Lipinski definition) is 0. The first-order valence-electron chi connectivity index (χ1n) is 10.2. The summed E-state index contributed by atoms with van der Waals surface area (Å²) in [4.78, 5) is 2.33. The van der Waals surface area contributed by atoms with Crippen LogP contribution in [0.3, 0.4) is 0 Å². The molecule has 0 radical (unpaired) electrons. The lowest BCUT2D eigenvalue weighted by Gasteiger charge is -2.46. The van der Waals surface area contributed by atoms with Crippen molar-refractivity contribution in [2.45, 2.75) is 25.0 Å².